The second-order valence-electron chi connectivity index (χ2n) is 4.62. The van der Waals surface area contributed by atoms with Crippen molar-refractivity contribution in [2.75, 3.05) is 19.6 Å². The van der Waals surface area contributed by atoms with E-state index < -0.39 is 21.7 Å². The predicted molar refractivity (Wildman–Crippen MR) is 74.4 cm³/mol. The third-order valence-corrected chi connectivity index (χ3v) is 4.67. The molecule has 1 fully saturated rings. The zero-order valence-corrected chi connectivity index (χ0v) is 12.4. The van der Waals surface area contributed by atoms with Crippen molar-refractivity contribution in [3.8, 4) is 0 Å². The molecule has 0 aliphatic carbocycles. The van der Waals surface area contributed by atoms with Crippen LogP contribution >= 0.6 is 12.4 Å². The third kappa shape index (κ3) is 4.37. The van der Waals surface area contributed by atoms with Crippen LogP contribution in [0.3, 0.4) is 0 Å². The summed E-state index contributed by atoms with van der Waals surface area (Å²) >= 11 is 0. The van der Waals surface area contributed by atoms with Gasteiger partial charge in [-0.2, -0.15) is 0 Å². The lowest BCUT2D eigenvalue weighted by molar-refractivity contribution is 0.502. The Kier molecular flexibility index (Phi) is 6.32. The van der Waals surface area contributed by atoms with Gasteiger partial charge in [0.05, 0.1) is 4.90 Å². The molecule has 1 aliphatic heterocycles. The van der Waals surface area contributed by atoms with Crippen molar-refractivity contribution in [3.63, 3.8) is 0 Å². The molecule has 1 aromatic carbocycles. The molecule has 20 heavy (non-hydrogen) atoms. The molecular formula is C12H17ClF2N2O2S. The largest absolute Gasteiger partial charge is 0.316 e. The Morgan fingerprint density at radius 3 is 2.65 bits per heavy atom. The number of halogens is 3. The van der Waals surface area contributed by atoms with Crippen molar-refractivity contribution in [2.24, 2.45) is 5.92 Å². The summed E-state index contributed by atoms with van der Waals surface area (Å²) in [5.41, 5.74) is 0. The maximum Gasteiger partial charge on any atom is 0.240 e. The van der Waals surface area contributed by atoms with Crippen LogP contribution in [-0.4, -0.2) is 28.1 Å². The number of nitrogens with one attached hydrogen (secondary N) is 2. The Morgan fingerprint density at radius 2 is 2.05 bits per heavy atom. The summed E-state index contributed by atoms with van der Waals surface area (Å²) < 4.78 is 51.9. The minimum atomic E-state index is -3.77. The standard InChI is InChI=1S/C12H16F2N2O2S.ClH/c13-11-2-1-10(7-12(11)14)19(17,18)16-6-4-9-3-5-15-8-9;/h1-2,7,9,15-16H,3-6,8H2;1H. The van der Waals surface area contributed by atoms with Gasteiger partial charge in [-0.05, 0) is 50.0 Å². The number of hydrogen-bond donors (Lipinski definition) is 2. The second kappa shape index (κ2) is 7.31. The first kappa shape index (κ1) is 17.3. The fourth-order valence-electron chi connectivity index (χ4n) is 2.09. The molecule has 0 bridgehead atoms. The summed E-state index contributed by atoms with van der Waals surface area (Å²) in [4.78, 5) is -0.254. The van der Waals surface area contributed by atoms with E-state index in [0.717, 1.165) is 38.1 Å². The number of rotatable bonds is 5. The SMILES string of the molecule is Cl.O=S(=O)(NCCC1CCNC1)c1ccc(F)c(F)c1. The average molecular weight is 327 g/mol. The van der Waals surface area contributed by atoms with Crippen LogP contribution in [0.4, 0.5) is 8.78 Å². The van der Waals surface area contributed by atoms with Crippen molar-refractivity contribution in [1.82, 2.24) is 10.0 Å². The molecule has 8 heteroatoms. The van der Waals surface area contributed by atoms with Crippen molar-refractivity contribution in [1.29, 1.82) is 0 Å². The van der Waals surface area contributed by atoms with Crippen LogP contribution in [0.25, 0.3) is 0 Å². The lowest BCUT2D eigenvalue weighted by atomic mass is 10.1. The molecule has 0 radical (unpaired) electrons. The van der Waals surface area contributed by atoms with Gasteiger partial charge in [-0.1, -0.05) is 0 Å². The quantitative estimate of drug-likeness (QED) is 0.865. The monoisotopic (exact) mass is 326 g/mol. The van der Waals surface area contributed by atoms with Crippen LogP contribution in [0.15, 0.2) is 23.1 Å². The minimum Gasteiger partial charge on any atom is -0.316 e. The smallest absolute Gasteiger partial charge is 0.240 e. The summed E-state index contributed by atoms with van der Waals surface area (Å²) in [7, 11) is -3.77. The van der Waals surface area contributed by atoms with Crippen LogP contribution in [0.2, 0.25) is 0 Å². The highest BCUT2D eigenvalue weighted by atomic mass is 35.5. The fraction of sp³-hybridized carbons (Fsp3) is 0.500. The fourth-order valence-corrected chi connectivity index (χ4v) is 3.14. The van der Waals surface area contributed by atoms with Crippen LogP contribution in [0, 0.1) is 17.6 Å². The van der Waals surface area contributed by atoms with Gasteiger partial charge >= 0.3 is 0 Å². The summed E-state index contributed by atoms with van der Waals surface area (Å²) in [6, 6.07) is 2.55. The van der Waals surface area contributed by atoms with Crippen molar-refractivity contribution >= 4 is 22.4 Å². The zero-order chi connectivity index (χ0) is 13.9. The lowest BCUT2D eigenvalue weighted by Gasteiger charge is -2.10. The molecule has 114 valence electrons. The van der Waals surface area contributed by atoms with E-state index >= 15 is 0 Å². The third-order valence-electron chi connectivity index (χ3n) is 3.21. The summed E-state index contributed by atoms with van der Waals surface area (Å²) in [5.74, 6) is -1.76. The Morgan fingerprint density at radius 1 is 1.30 bits per heavy atom. The second-order valence-corrected chi connectivity index (χ2v) is 6.39. The molecule has 4 nitrogen and oxygen atoms in total. The first-order valence-corrected chi connectivity index (χ1v) is 7.63. The van der Waals surface area contributed by atoms with E-state index in [1.807, 2.05) is 0 Å². The van der Waals surface area contributed by atoms with E-state index in [0.29, 0.717) is 18.5 Å². The first-order valence-electron chi connectivity index (χ1n) is 6.14. The molecule has 0 spiro atoms. The van der Waals surface area contributed by atoms with Gasteiger partial charge in [0.25, 0.3) is 0 Å². The molecule has 1 aromatic rings. The van der Waals surface area contributed by atoms with Gasteiger partial charge in [0.1, 0.15) is 0 Å². The average Bonchev–Trinajstić information content (AvgIpc) is 2.85. The van der Waals surface area contributed by atoms with Crippen molar-refractivity contribution < 1.29 is 17.2 Å². The van der Waals surface area contributed by atoms with Gasteiger partial charge in [-0.25, -0.2) is 21.9 Å². The molecule has 1 atom stereocenters. The van der Waals surface area contributed by atoms with E-state index in [4.69, 9.17) is 0 Å². The van der Waals surface area contributed by atoms with Crippen LogP contribution < -0.4 is 10.0 Å². The number of hydrogen-bond acceptors (Lipinski definition) is 3. The normalized spacial score (nSPS) is 18.8. The van der Waals surface area contributed by atoms with E-state index in [-0.39, 0.29) is 17.3 Å². The number of sulfonamides is 1. The van der Waals surface area contributed by atoms with Gasteiger partial charge in [-0.3, -0.25) is 0 Å². The van der Waals surface area contributed by atoms with E-state index in [9.17, 15) is 17.2 Å². The molecule has 0 aromatic heterocycles. The number of benzene rings is 1. The highest BCUT2D eigenvalue weighted by molar-refractivity contribution is 7.89. The maximum absolute atomic E-state index is 13.0. The van der Waals surface area contributed by atoms with Gasteiger partial charge in [-0.15, -0.1) is 12.4 Å². The zero-order valence-electron chi connectivity index (χ0n) is 10.7. The minimum absolute atomic E-state index is 0. The molecule has 0 saturated carbocycles. The molecule has 1 heterocycles. The Bertz CT molecular complexity index is 548. The van der Waals surface area contributed by atoms with E-state index in [1.165, 1.54) is 0 Å². The Hall–Kier alpha value is -0.760. The molecule has 2 rings (SSSR count). The lowest BCUT2D eigenvalue weighted by Crippen LogP contribution is -2.26. The van der Waals surface area contributed by atoms with Crippen LogP contribution in [0.1, 0.15) is 12.8 Å². The van der Waals surface area contributed by atoms with E-state index in [2.05, 4.69) is 10.0 Å². The highest BCUT2D eigenvalue weighted by Gasteiger charge is 2.18. The van der Waals surface area contributed by atoms with Gasteiger partial charge in [0.15, 0.2) is 11.6 Å². The first-order chi connectivity index (χ1) is 8.99. The molecular weight excluding hydrogens is 310 g/mol. The Labute approximate surface area is 123 Å². The topological polar surface area (TPSA) is 58.2 Å². The summed E-state index contributed by atoms with van der Waals surface area (Å²) in [6.07, 6.45) is 1.77. The van der Waals surface area contributed by atoms with Gasteiger partial charge < -0.3 is 5.32 Å². The van der Waals surface area contributed by atoms with Crippen LogP contribution in [-0.2, 0) is 10.0 Å². The predicted octanol–water partition coefficient (Wildman–Crippen LogP) is 1.66. The Balaban J connectivity index is 0.00000200. The van der Waals surface area contributed by atoms with Gasteiger partial charge in [0, 0.05) is 6.54 Å². The molecule has 1 saturated heterocycles. The molecule has 1 aliphatic rings. The maximum atomic E-state index is 13.0. The summed E-state index contributed by atoms with van der Waals surface area (Å²) in [5, 5.41) is 3.20. The highest BCUT2D eigenvalue weighted by Crippen LogP contribution is 2.15. The molecule has 1 unspecified atom stereocenters. The van der Waals surface area contributed by atoms with E-state index in [1.54, 1.807) is 0 Å². The summed E-state index contributed by atoms with van der Waals surface area (Å²) in [6.45, 7) is 2.15. The molecule has 2 N–H and O–H groups in total. The molecule has 0 amide bonds. The van der Waals surface area contributed by atoms with Crippen molar-refractivity contribution in [3.05, 3.63) is 29.8 Å². The van der Waals surface area contributed by atoms with Gasteiger partial charge in [0.2, 0.25) is 10.0 Å². The van der Waals surface area contributed by atoms with Crippen molar-refractivity contribution in [2.45, 2.75) is 17.7 Å². The van der Waals surface area contributed by atoms with Crippen LogP contribution in [0.5, 0.6) is 0 Å².